The van der Waals surface area contributed by atoms with Crippen molar-refractivity contribution in [3.8, 4) is 0 Å². The number of rotatable bonds is 6. The van der Waals surface area contributed by atoms with E-state index in [1.54, 1.807) is 24.3 Å². The Morgan fingerprint density at radius 2 is 1.77 bits per heavy atom. The monoisotopic (exact) mass is 362 g/mol. The molecule has 1 aromatic rings. The van der Waals surface area contributed by atoms with Crippen molar-refractivity contribution in [2.75, 3.05) is 30.3 Å². The summed E-state index contributed by atoms with van der Waals surface area (Å²) in [5, 5.41) is 8.37. The Hall–Kier alpha value is -2.16. The predicted molar refractivity (Wildman–Crippen MR) is 98.0 cm³/mol. The van der Waals surface area contributed by atoms with Gasteiger partial charge in [0.2, 0.25) is 0 Å². The van der Waals surface area contributed by atoms with Gasteiger partial charge in [-0.15, -0.1) is 0 Å². The Labute approximate surface area is 152 Å². The molecule has 3 atom stereocenters. The molecular weight excluding hydrogens is 336 g/mol. The van der Waals surface area contributed by atoms with Crippen molar-refractivity contribution in [3.63, 3.8) is 0 Å². The van der Waals surface area contributed by atoms with E-state index in [1.807, 2.05) is 0 Å². The van der Waals surface area contributed by atoms with Crippen molar-refractivity contribution < 1.29 is 19.1 Å². The number of benzene rings is 1. The van der Waals surface area contributed by atoms with Crippen molar-refractivity contribution >= 4 is 23.3 Å². The summed E-state index contributed by atoms with van der Waals surface area (Å²) in [5.41, 5.74) is 6.86. The molecule has 0 spiro atoms. The fourth-order valence-electron chi connectivity index (χ4n) is 3.12. The van der Waals surface area contributed by atoms with Crippen LogP contribution in [0, 0.1) is 0 Å². The van der Waals surface area contributed by atoms with E-state index in [0.29, 0.717) is 30.9 Å². The van der Waals surface area contributed by atoms with Crippen LogP contribution < -0.4 is 21.7 Å². The smallest absolute Gasteiger partial charge is 0.319 e. The first-order chi connectivity index (χ1) is 12.6. The molecule has 3 rings (SSSR count). The van der Waals surface area contributed by atoms with Gasteiger partial charge in [-0.3, -0.25) is 4.79 Å². The van der Waals surface area contributed by atoms with E-state index in [2.05, 4.69) is 16.0 Å². The molecule has 0 aromatic heterocycles. The van der Waals surface area contributed by atoms with E-state index in [-0.39, 0.29) is 24.1 Å². The van der Waals surface area contributed by atoms with Crippen molar-refractivity contribution in [1.82, 2.24) is 5.32 Å². The van der Waals surface area contributed by atoms with Crippen LogP contribution in [0.3, 0.4) is 0 Å². The van der Waals surface area contributed by atoms with Crippen LogP contribution in [-0.4, -0.2) is 49.9 Å². The largest absolute Gasteiger partial charge is 0.376 e. The highest BCUT2D eigenvalue weighted by Gasteiger charge is 2.29. The number of carbonyl (C=O) groups is 2. The zero-order valence-corrected chi connectivity index (χ0v) is 14.7. The maximum atomic E-state index is 12.2. The van der Waals surface area contributed by atoms with Crippen LogP contribution in [0.4, 0.5) is 16.2 Å². The highest BCUT2D eigenvalue weighted by atomic mass is 16.5. The lowest BCUT2D eigenvalue weighted by Gasteiger charge is -2.14. The molecule has 2 saturated heterocycles. The molecule has 2 aliphatic heterocycles. The molecule has 2 aliphatic rings. The molecule has 26 heavy (non-hydrogen) atoms. The van der Waals surface area contributed by atoms with Crippen molar-refractivity contribution in [2.45, 2.75) is 44.0 Å². The van der Waals surface area contributed by atoms with Crippen LogP contribution in [0.25, 0.3) is 0 Å². The summed E-state index contributed by atoms with van der Waals surface area (Å²) in [7, 11) is 0. The van der Waals surface area contributed by atoms with Gasteiger partial charge in [-0.25, -0.2) is 4.79 Å². The molecule has 1 aromatic carbocycles. The second kappa shape index (κ2) is 8.98. The number of ether oxygens (including phenoxy) is 2. The second-order valence-electron chi connectivity index (χ2n) is 6.60. The number of carbonyl (C=O) groups excluding carboxylic acids is 2. The molecule has 8 heteroatoms. The summed E-state index contributed by atoms with van der Waals surface area (Å²) in [6.45, 7) is 1.70. The minimum Gasteiger partial charge on any atom is -0.376 e. The third-order valence-electron chi connectivity index (χ3n) is 4.59. The van der Waals surface area contributed by atoms with Gasteiger partial charge in [-0.05, 0) is 49.9 Å². The first-order valence-electron chi connectivity index (χ1n) is 9.07. The van der Waals surface area contributed by atoms with Gasteiger partial charge in [0.1, 0.15) is 6.10 Å². The molecule has 0 radical (unpaired) electrons. The van der Waals surface area contributed by atoms with Crippen LogP contribution in [0.15, 0.2) is 24.3 Å². The molecule has 2 fully saturated rings. The number of hydrogen-bond donors (Lipinski definition) is 4. The lowest BCUT2D eigenvalue weighted by Crippen LogP contribution is -2.35. The molecule has 0 bridgehead atoms. The van der Waals surface area contributed by atoms with Gasteiger partial charge in [-0.1, -0.05) is 0 Å². The molecule has 2 heterocycles. The summed E-state index contributed by atoms with van der Waals surface area (Å²) in [5.74, 6) is -0.170. The summed E-state index contributed by atoms with van der Waals surface area (Å²) in [6, 6.07) is 6.68. The minimum atomic E-state index is -0.454. The van der Waals surface area contributed by atoms with Gasteiger partial charge in [0.15, 0.2) is 0 Å². The van der Waals surface area contributed by atoms with E-state index in [4.69, 9.17) is 15.2 Å². The predicted octanol–water partition coefficient (Wildman–Crippen LogP) is 1.43. The van der Waals surface area contributed by atoms with Crippen LogP contribution in [0.1, 0.15) is 25.7 Å². The van der Waals surface area contributed by atoms with Gasteiger partial charge < -0.3 is 31.2 Å². The fourth-order valence-corrected chi connectivity index (χ4v) is 3.12. The van der Waals surface area contributed by atoms with Gasteiger partial charge in [0, 0.05) is 31.1 Å². The van der Waals surface area contributed by atoms with Crippen LogP contribution in [0.5, 0.6) is 0 Å². The number of nitrogens with one attached hydrogen (secondary N) is 3. The Bertz CT molecular complexity index is 616. The number of amides is 3. The van der Waals surface area contributed by atoms with Crippen molar-refractivity contribution in [3.05, 3.63) is 24.3 Å². The molecule has 0 saturated carbocycles. The molecule has 142 valence electrons. The third kappa shape index (κ3) is 5.17. The lowest BCUT2D eigenvalue weighted by molar-refractivity contribution is -0.126. The number of hydrogen-bond acceptors (Lipinski definition) is 5. The van der Waals surface area contributed by atoms with Gasteiger partial charge in [0.05, 0.1) is 12.2 Å². The average molecular weight is 362 g/mol. The quantitative estimate of drug-likeness (QED) is 0.611. The van der Waals surface area contributed by atoms with E-state index < -0.39 is 6.10 Å². The van der Waals surface area contributed by atoms with Gasteiger partial charge in [-0.2, -0.15) is 0 Å². The first-order valence-corrected chi connectivity index (χ1v) is 9.07. The lowest BCUT2D eigenvalue weighted by atomic mass is 10.2. The standard InChI is InChI=1S/C18H26N4O4/c19-10-14-7-8-16(26-14)17(23)21-12-3-5-13(6-4-12)22-18(24)20-11-15-2-1-9-25-15/h3-6,14-16H,1-2,7-11,19H2,(H,21,23)(H2,20,22,24)/t14-,15?,16+/m1/s1. The second-order valence-corrected chi connectivity index (χ2v) is 6.60. The minimum absolute atomic E-state index is 0.0366. The molecule has 1 unspecified atom stereocenters. The summed E-state index contributed by atoms with van der Waals surface area (Å²) < 4.78 is 11.0. The number of nitrogens with two attached hydrogens (primary N) is 1. The van der Waals surface area contributed by atoms with Crippen molar-refractivity contribution in [2.24, 2.45) is 5.73 Å². The maximum absolute atomic E-state index is 12.2. The topological polar surface area (TPSA) is 115 Å². The molecule has 5 N–H and O–H groups in total. The van der Waals surface area contributed by atoms with E-state index in [9.17, 15) is 9.59 Å². The Morgan fingerprint density at radius 1 is 1.04 bits per heavy atom. The van der Waals surface area contributed by atoms with Gasteiger partial charge >= 0.3 is 6.03 Å². The highest BCUT2D eigenvalue weighted by molar-refractivity contribution is 5.95. The zero-order chi connectivity index (χ0) is 18.4. The van der Waals surface area contributed by atoms with Gasteiger partial charge in [0.25, 0.3) is 5.91 Å². The number of anilines is 2. The Kier molecular flexibility index (Phi) is 6.43. The average Bonchev–Trinajstić information content (AvgIpc) is 3.33. The molecule has 8 nitrogen and oxygen atoms in total. The highest BCUT2D eigenvalue weighted by Crippen LogP contribution is 2.21. The first kappa shape index (κ1) is 18.6. The van der Waals surface area contributed by atoms with E-state index in [0.717, 1.165) is 25.9 Å². The summed E-state index contributed by atoms with van der Waals surface area (Å²) in [6.07, 6.45) is 3.12. The molecular formula is C18H26N4O4. The number of urea groups is 1. The Balaban J connectivity index is 1.42. The van der Waals surface area contributed by atoms with Crippen molar-refractivity contribution in [1.29, 1.82) is 0 Å². The normalized spacial score (nSPS) is 25.0. The van der Waals surface area contributed by atoms with E-state index in [1.165, 1.54) is 0 Å². The fraction of sp³-hybridized carbons (Fsp3) is 0.556. The third-order valence-corrected chi connectivity index (χ3v) is 4.59. The van der Waals surface area contributed by atoms with E-state index >= 15 is 0 Å². The SMILES string of the molecule is NC[C@H]1CC[C@@H](C(=O)Nc2ccc(NC(=O)NCC3CCCO3)cc2)O1. The zero-order valence-electron chi connectivity index (χ0n) is 14.7. The van der Waals surface area contributed by atoms with Crippen LogP contribution in [-0.2, 0) is 14.3 Å². The molecule has 0 aliphatic carbocycles. The summed E-state index contributed by atoms with van der Waals surface area (Å²) >= 11 is 0. The van der Waals surface area contributed by atoms with Crippen LogP contribution in [0.2, 0.25) is 0 Å². The summed E-state index contributed by atoms with van der Waals surface area (Å²) in [4.78, 5) is 24.1. The Morgan fingerprint density at radius 3 is 2.38 bits per heavy atom. The maximum Gasteiger partial charge on any atom is 0.319 e. The molecule has 3 amide bonds. The van der Waals surface area contributed by atoms with Crippen LogP contribution >= 0.6 is 0 Å².